The summed E-state index contributed by atoms with van der Waals surface area (Å²) in [5.41, 5.74) is 1.93. The number of anilines is 1. The Morgan fingerprint density at radius 2 is 2.06 bits per heavy atom. The van der Waals surface area contributed by atoms with Crippen LogP contribution in [0.1, 0.15) is 19.3 Å². The van der Waals surface area contributed by atoms with Gasteiger partial charge in [0.25, 0.3) is 0 Å². The van der Waals surface area contributed by atoms with Crippen molar-refractivity contribution in [3.05, 3.63) is 36.5 Å². The molecule has 4 rings (SSSR count). The fourth-order valence-electron chi connectivity index (χ4n) is 3.38. The number of β-lactam (4-membered cyclic amide) rings is 1. The van der Waals surface area contributed by atoms with Gasteiger partial charge < -0.3 is 4.90 Å². The first-order valence-electron chi connectivity index (χ1n) is 6.53. The Kier molecular flexibility index (Phi) is 1.98. The van der Waals surface area contributed by atoms with E-state index in [1.54, 1.807) is 6.20 Å². The highest BCUT2D eigenvalue weighted by Crippen LogP contribution is 2.44. The van der Waals surface area contributed by atoms with Gasteiger partial charge in [0.15, 0.2) is 0 Å². The first-order valence-corrected chi connectivity index (χ1v) is 6.53. The third-order valence-electron chi connectivity index (χ3n) is 4.24. The minimum atomic E-state index is 0.281. The number of carbonyl (C=O) groups is 1. The second-order valence-corrected chi connectivity index (χ2v) is 5.17. The summed E-state index contributed by atoms with van der Waals surface area (Å²) in [5.74, 6) is 0.569. The summed E-state index contributed by atoms with van der Waals surface area (Å²) >= 11 is 0. The average Bonchev–Trinajstić information content (AvgIpc) is 2.83. The first kappa shape index (κ1) is 10.1. The van der Waals surface area contributed by atoms with Gasteiger partial charge in [0.05, 0.1) is 17.1 Å². The van der Waals surface area contributed by atoms with Crippen LogP contribution in [0, 0.1) is 5.92 Å². The van der Waals surface area contributed by atoms with Crippen LogP contribution in [0.25, 0.3) is 10.9 Å². The molecule has 0 spiro atoms. The van der Waals surface area contributed by atoms with Crippen molar-refractivity contribution < 1.29 is 4.79 Å². The molecule has 2 fully saturated rings. The number of rotatable bonds is 1. The smallest absolute Gasteiger partial charge is 0.232 e. The van der Waals surface area contributed by atoms with Crippen LogP contribution in [-0.2, 0) is 4.79 Å². The molecule has 2 heterocycles. The molecule has 3 nitrogen and oxygen atoms in total. The van der Waals surface area contributed by atoms with E-state index in [9.17, 15) is 4.79 Å². The largest absolute Gasteiger partial charge is 0.306 e. The van der Waals surface area contributed by atoms with Gasteiger partial charge in [0.1, 0.15) is 0 Å². The highest BCUT2D eigenvalue weighted by molar-refractivity contribution is 6.08. The maximum atomic E-state index is 12.2. The summed E-state index contributed by atoms with van der Waals surface area (Å²) in [6, 6.07) is 10.5. The van der Waals surface area contributed by atoms with Crippen molar-refractivity contribution in [2.45, 2.75) is 25.3 Å². The van der Waals surface area contributed by atoms with Crippen LogP contribution in [0.2, 0.25) is 0 Å². The van der Waals surface area contributed by atoms with Gasteiger partial charge in [0, 0.05) is 17.6 Å². The van der Waals surface area contributed by atoms with Crippen LogP contribution in [0.3, 0.4) is 0 Å². The van der Waals surface area contributed by atoms with E-state index >= 15 is 0 Å². The number of benzene rings is 1. The molecule has 1 saturated heterocycles. The molecule has 1 saturated carbocycles. The molecule has 18 heavy (non-hydrogen) atoms. The van der Waals surface area contributed by atoms with Gasteiger partial charge in [-0.1, -0.05) is 24.6 Å². The van der Waals surface area contributed by atoms with Crippen molar-refractivity contribution >= 4 is 22.5 Å². The molecule has 3 heteroatoms. The normalized spacial score (nSPS) is 26.2. The monoisotopic (exact) mass is 238 g/mol. The van der Waals surface area contributed by atoms with E-state index in [2.05, 4.69) is 4.98 Å². The van der Waals surface area contributed by atoms with Gasteiger partial charge in [-0.3, -0.25) is 9.78 Å². The zero-order chi connectivity index (χ0) is 12.1. The Bertz CT molecular complexity index is 632. The maximum absolute atomic E-state index is 12.2. The lowest BCUT2D eigenvalue weighted by Crippen LogP contribution is -2.58. The van der Waals surface area contributed by atoms with E-state index in [-0.39, 0.29) is 11.8 Å². The maximum Gasteiger partial charge on any atom is 0.232 e. The number of pyridine rings is 1. The predicted molar refractivity (Wildman–Crippen MR) is 70.4 cm³/mol. The van der Waals surface area contributed by atoms with E-state index in [0.29, 0.717) is 6.04 Å². The number of amides is 1. The predicted octanol–water partition coefficient (Wildman–Crippen LogP) is 2.75. The van der Waals surface area contributed by atoms with Crippen molar-refractivity contribution in [2.75, 3.05) is 4.90 Å². The van der Waals surface area contributed by atoms with Gasteiger partial charge in [-0.25, -0.2) is 0 Å². The number of hydrogen-bond acceptors (Lipinski definition) is 2. The van der Waals surface area contributed by atoms with Crippen molar-refractivity contribution in [1.29, 1.82) is 0 Å². The molecule has 1 aromatic carbocycles. The minimum Gasteiger partial charge on any atom is -0.306 e. The molecular weight excluding hydrogens is 224 g/mol. The Morgan fingerprint density at radius 3 is 3.00 bits per heavy atom. The zero-order valence-corrected chi connectivity index (χ0v) is 10.0. The minimum absolute atomic E-state index is 0.281. The molecule has 2 atom stereocenters. The topological polar surface area (TPSA) is 33.2 Å². The average molecular weight is 238 g/mol. The third-order valence-corrected chi connectivity index (χ3v) is 4.24. The van der Waals surface area contributed by atoms with E-state index < -0.39 is 0 Å². The molecule has 90 valence electrons. The second kappa shape index (κ2) is 3.55. The van der Waals surface area contributed by atoms with Crippen LogP contribution in [-0.4, -0.2) is 16.9 Å². The van der Waals surface area contributed by atoms with Gasteiger partial charge in [0.2, 0.25) is 5.91 Å². The zero-order valence-electron chi connectivity index (χ0n) is 10.0. The number of nitrogens with zero attached hydrogens (tertiary/aromatic N) is 2. The van der Waals surface area contributed by atoms with Gasteiger partial charge in [-0.15, -0.1) is 0 Å². The molecule has 2 aliphatic rings. The van der Waals surface area contributed by atoms with E-state index in [0.717, 1.165) is 29.4 Å². The van der Waals surface area contributed by atoms with Crippen molar-refractivity contribution in [3.63, 3.8) is 0 Å². The Balaban J connectivity index is 1.86. The number of fused-ring (bicyclic) bond motifs is 2. The van der Waals surface area contributed by atoms with Crippen LogP contribution in [0.15, 0.2) is 36.5 Å². The Hall–Kier alpha value is -1.90. The molecular formula is C15H14N2O. The molecule has 1 aromatic heterocycles. The van der Waals surface area contributed by atoms with Crippen LogP contribution in [0.5, 0.6) is 0 Å². The lowest BCUT2D eigenvalue weighted by Gasteiger charge is -2.43. The van der Waals surface area contributed by atoms with Gasteiger partial charge in [-0.2, -0.15) is 0 Å². The molecule has 0 N–H and O–H groups in total. The summed E-state index contributed by atoms with van der Waals surface area (Å²) in [6.07, 6.45) is 5.18. The molecule has 1 amide bonds. The van der Waals surface area contributed by atoms with Crippen molar-refractivity contribution in [1.82, 2.24) is 4.98 Å². The lowest BCUT2D eigenvalue weighted by atomic mass is 9.89. The number of hydrogen-bond donors (Lipinski definition) is 0. The van der Waals surface area contributed by atoms with Gasteiger partial charge >= 0.3 is 0 Å². The Morgan fingerprint density at radius 1 is 1.17 bits per heavy atom. The molecule has 2 aromatic rings. The third kappa shape index (κ3) is 1.19. The molecule has 0 unspecified atom stereocenters. The Labute approximate surface area is 105 Å². The summed E-state index contributed by atoms with van der Waals surface area (Å²) < 4.78 is 0. The molecule has 0 bridgehead atoms. The van der Waals surface area contributed by atoms with Crippen LogP contribution in [0.4, 0.5) is 5.69 Å². The molecule has 1 aliphatic heterocycles. The highest BCUT2D eigenvalue weighted by Gasteiger charge is 2.50. The SMILES string of the molecule is O=C1[C@H]2CCC[C@H]2N1c1cccc2cccnc12. The quantitative estimate of drug-likeness (QED) is 0.716. The van der Waals surface area contributed by atoms with Crippen LogP contribution >= 0.6 is 0 Å². The van der Waals surface area contributed by atoms with E-state index in [4.69, 9.17) is 0 Å². The standard InChI is InChI=1S/C15H14N2O/c18-15-11-6-2-7-12(11)17(15)13-8-1-4-10-5-3-9-16-14(10)13/h1,3-5,8-9,11-12H,2,6-7H2/t11-,12+/m0/s1. The fraction of sp³-hybridized carbons (Fsp3) is 0.333. The number of para-hydroxylation sites is 1. The van der Waals surface area contributed by atoms with Crippen molar-refractivity contribution in [3.8, 4) is 0 Å². The van der Waals surface area contributed by atoms with E-state index in [1.165, 1.54) is 6.42 Å². The fourth-order valence-corrected chi connectivity index (χ4v) is 3.38. The molecule has 0 radical (unpaired) electrons. The summed E-state index contributed by atoms with van der Waals surface area (Å²) in [4.78, 5) is 18.6. The van der Waals surface area contributed by atoms with Crippen molar-refractivity contribution in [2.24, 2.45) is 5.92 Å². The second-order valence-electron chi connectivity index (χ2n) is 5.17. The lowest BCUT2D eigenvalue weighted by molar-refractivity contribution is -0.128. The number of aromatic nitrogens is 1. The van der Waals surface area contributed by atoms with E-state index in [1.807, 2.05) is 35.2 Å². The summed E-state index contributed by atoms with van der Waals surface area (Å²) in [7, 11) is 0. The van der Waals surface area contributed by atoms with Gasteiger partial charge in [-0.05, 0) is 25.0 Å². The number of carbonyl (C=O) groups excluding carboxylic acids is 1. The van der Waals surface area contributed by atoms with Crippen LogP contribution < -0.4 is 4.90 Å². The summed E-state index contributed by atoms with van der Waals surface area (Å²) in [6.45, 7) is 0. The summed E-state index contributed by atoms with van der Waals surface area (Å²) in [5, 5.41) is 1.10. The first-order chi connectivity index (χ1) is 8.86. The molecule has 1 aliphatic carbocycles. The highest BCUT2D eigenvalue weighted by atomic mass is 16.2.